The van der Waals surface area contributed by atoms with E-state index in [1.165, 1.54) is 26.4 Å². The van der Waals surface area contributed by atoms with Gasteiger partial charge in [0, 0.05) is 6.54 Å². The van der Waals surface area contributed by atoms with Gasteiger partial charge in [-0.1, -0.05) is 12.1 Å². The molecule has 0 aromatic heterocycles. The molecular formula is C30H33NO9. The molecule has 212 valence electrons. The molecule has 3 aliphatic heterocycles. The highest BCUT2D eigenvalue weighted by atomic mass is 16.7. The zero-order valence-corrected chi connectivity index (χ0v) is 22.8. The van der Waals surface area contributed by atoms with Gasteiger partial charge in [-0.3, -0.25) is 9.69 Å². The Morgan fingerprint density at radius 1 is 1.07 bits per heavy atom. The van der Waals surface area contributed by atoms with Gasteiger partial charge in [0.2, 0.25) is 6.79 Å². The van der Waals surface area contributed by atoms with E-state index in [1.807, 2.05) is 12.1 Å². The number of carbonyl (C=O) groups is 2. The second-order valence-corrected chi connectivity index (χ2v) is 10.6. The minimum atomic E-state index is -2.30. The van der Waals surface area contributed by atoms with Crippen LogP contribution in [0.5, 0.6) is 17.2 Å². The number of fused-ring (bicyclic) bond motifs is 3. The molecule has 1 spiro atoms. The number of benzene rings is 2. The average Bonchev–Trinajstić information content (AvgIpc) is 3.66. The molecule has 3 heterocycles. The van der Waals surface area contributed by atoms with E-state index in [2.05, 4.69) is 11.0 Å². The lowest BCUT2D eigenvalue weighted by Gasteiger charge is -2.39. The Balaban J connectivity index is 1.42. The van der Waals surface area contributed by atoms with Crippen LogP contribution in [-0.4, -0.2) is 74.8 Å². The maximum Gasteiger partial charge on any atom is 0.344 e. The summed E-state index contributed by atoms with van der Waals surface area (Å²) in [5.41, 5.74) is -0.460. The number of rotatable bonds is 7. The summed E-state index contributed by atoms with van der Waals surface area (Å²) in [5, 5.41) is 11.8. The summed E-state index contributed by atoms with van der Waals surface area (Å²) in [4.78, 5) is 28.8. The number of carbonyl (C=O) groups excluding carboxylic acids is 2. The predicted octanol–water partition coefficient (Wildman–Crippen LogP) is 2.80. The minimum absolute atomic E-state index is 0.155. The third-order valence-electron chi connectivity index (χ3n) is 8.73. The van der Waals surface area contributed by atoms with Gasteiger partial charge in [-0.05, 0) is 72.8 Å². The van der Waals surface area contributed by atoms with Crippen LogP contribution in [0.15, 0.2) is 48.2 Å². The highest BCUT2D eigenvalue weighted by Crippen LogP contribution is 2.55. The van der Waals surface area contributed by atoms with E-state index in [0.29, 0.717) is 23.0 Å². The van der Waals surface area contributed by atoms with Crippen LogP contribution in [0.2, 0.25) is 0 Å². The van der Waals surface area contributed by atoms with Crippen molar-refractivity contribution in [2.75, 3.05) is 41.2 Å². The first-order valence-electron chi connectivity index (χ1n) is 13.4. The lowest BCUT2D eigenvalue weighted by atomic mass is 9.77. The molecule has 0 saturated carbocycles. The molecule has 10 heteroatoms. The van der Waals surface area contributed by atoms with Crippen LogP contribution < -0.4 is 14.2 Å². The monoisotopic (exact) mass is 551 g/mol. The van der Waals surface area contributed by atoms with Crippen molar-refractivity contribution >= 4 is 11.9 Å². The number of hydrogen-bond acceptors (Lipinski definition) is 10. The first-order valence-corrected chi connectivity index (χ1v) is 13.4. The van der Waals surface area contributed by atoms with Gasteiger partial charge in [0.1, 0.15) is 11.5 Å². The third kappa shape index (κ3) is 4.08. The number of nitrogens with zero attached hydrogens (tertiary/aromatic N) is 1. The molecule has 2 aromatic carbocycles. The zero-order valence-electron chi connectivity index (χ0n) is 22.8. The summed E-state index contributed by atoms with van der Waals surface area (Å²) in [6.45, 7) is 1.89. The zero-order chi connectivity index (χ0) is 28.1. The predicted molar refractivity (Wildman–Crippen MR) is 141 cm³/mol. The average molecular weight is 552 g/mol. The van der Waals surface area contributed by atoms with Crippen molar-refractivity contribution in [2.45, 2.75) is 48.8 Å². The van der Waals surface area contributed by atoms with E-state index in [4.69, 9.17) is 28.4 Å². The van der Waals surface area contributed by atoms with E-state index in [9.17, 15) is 14.7 Å². The summed E-state index contributed by atoms with van der Waals surface area (Å²) in [7, 11) is 4.27. The van der Waals surface area contributed by atoms with Crippen molar-refractivity contribution in [1.29, 1.82) is 0 Å². The fraction of sp³-hybridized carbons (Fsp3) is 0.467. The van der Waals surface area contributed by atoms with E-state index in [0.717, 1.165) is 43.5 Å². The molecule has 40 heavy (non-hydrogen) atoms. The van der Waals surface area contributed by atoms with Gasteiger partial charge in [0.15, 0.2) is 23.2 Å². The molecule has 1 N–H and O–H groups in total. The van der Waals surface area contributed by atoms with Crippen molar-refractivity contribution in [3.05, 3.63) is 64.9 Å². The molecule has 1 fully saturated rings. The Bertz CT molecular complexity index is 1360. The SMILES string of the molecule is COC(=O)C[C@@](O)(C(=O)OC1C(OC)=C[C@]23CCCN2CCc2cc4c(cc2C13)OCO4)c1ccc(OC)cc1. The fourth-order valence-corrected chi connectivity index (χ4v) is 6.75. The first-order chi connectivity index (χ1) is 19.3. The number of methoxy groups -OCH3 is 3. The second-order valence-electron chi connectivity index (χ2n) is 10.6. The topological polar surface area (TPSA) is 113 Å². The van der Waals surface area contributed by atoms with Crippen molar-refractivity contribution in [3.63, 3.8) is 0 Å². The number of esters is 2. The minimum Gasteiger partial charge on any atom is -0.497 e. The molecular weight excluding hydrogens is 518 g/mol. The fourth-order valence-electron chi connectivity index (χ4n) is 6.75. The second kappa shape index (κ2) is 10.0. The van der Waals surface area contributed by atoms with E-state index < -0.39 is 35.6 Å². The van der Waals surface area contributed by atoms with E-state index in [1.54, 1.807) is 19.2 Å². The Kier molecular flexibility index (Phi) is 6.62. The molecule has 1 aliphatic carbocycles. The van der Waals surface area contributed by atoms with Gasteiger partial charge < -0.3 is 33.5 Å². The number of hydrogen-bond donors (Lipinski definition) is 1. The summed E-state index contributed by atoms with van der Waals surface area (Å²) in [5.74, 6) is 0.351. The first kappa shape index (κ1) is 26.5. The van der Waals surface area contributed by atoms with Crippen LogP contribution in [0.25, 0.3) is 0 Å². The van der Waals surface area contributed by atoms with Gasteiger partial charge in [-0.25, -0.2) is 4.79 Å². The largest absolute Gasteiger partial charge is 0.497 e. The van der Waals surface area contributed by atoms with Gasteiger partial charge in [0.05, 0.1) is 39.2 Å². The molecule has 2 aromatic rings. The van der Waals surface area contributed by atoms with Crippen molar-refractivity contribution in [3.8, 4) is 17.2 Å². The molecule has 1 saturated heterocycles. The lowest BCUT2D eigenvalue weighted by molar-refractivity contribution is -0.179. The standard InChI is InChI=1S/C30H33NO9/c1-35-20-7-5-19(6-8-20)30(34,16-25(32)37-3)28(33)40-27-24(36-2)15-29-10-4-11-31(29)12-9-18-13-22-23(39-17-38-22)14-21(18)26(27)29/h5-8,13-15,26-27,34H,4,9-12,16-17H2,1-3H3/t26?,27?,29-,30-/m0/s1. The molecule has 6 rings (SSSR count). The molecule has 4 atom stereocenters. The van der Waals surface area contributed by atoms with Crippen LogP contribution in [0.4, 0.5) is 0 Å². The Labute approximate surface area is 232 Å². The molecule has 2 unspecified atom stereocenters. The smallest absolute Gasteiger partial charge is 0.344 e. The lowest BCUT2D eigenvalue weighted by Crippen LogP contribution is -2.48. The maximum absolute atomic E-state index is 14.0. The van der Waals surface area contributed by atoms with Gasteiger partial charge in [-0.2, -0.15) is 0 Å². The van der Waals surface area contributed by atoms with Gasteiger partial charge >= 0.3 is 11.9 Å². The van der Waals surface area contributed by atoms with Crippen LogP contribution in [0.1, 0.15) is 41.9 Å². The highest BCUT2D eigenvalue weighted by molar-refractivity contribution is 5.87. The van der Waals surface area contributed by atoms with Crippen molar-refractivity contribution in [1.82, 2.24) is 4.90 Å². The summed E-state index contributed by atoms with van der Waals surface area (Å²) < 4.78 is 33.5. The Hall–Kier alpha value is -3.76. The molecule has 0 amide bonds. The van der Waals surface area contributed by atoms with Gasteiger partial charge in [0.25, 0.3) is 0 Å². The molecule has 4 aliphatic rings. The van der Waals surface area contributed by atoms with Crippen molar-refractivity contribution < 1.29 is 43.1 Å². The van der Waals surface area contributed by atoms with Crippen LogP contribution in [-0.2, 0) is 35.8 Å². The number of aliphatic hydroxyl groups is 1. The molecule has 10 nitrogen and oxygen atoms in total. The Morgan fingerprint density at radius 2 is 1.82 bits per heavy atom. The quantitative estimate of drug-likeness (QED) is 0.516. The molecule has 0 radical (unpaired) electrons. The third-order valence-corrected chi connectivity index (χ3v) is 8.73. The highest BCUT2D eigenvalue weighted by Gasteiger charge is 2.59. The van der Waals surface area contributed by atoms with E-state index in [-0.39, 0.29) is 18.3 Å². The summed E-state index contributed by atoms with van der Waals surface area (Å²) in [6.07, 6.45) is 3.26. The maximum atomic E-state index is 14.0. The van der Waals surface area contributed by atoms with Crippen LogP contribution in [0.3, 0.4) is 0 Å². The van der Waals surface area contributed by atoms with Crippen molar-refractivity contribution in [2.24, 2.45) is 0 Å². The number of ether oxygens (including phenoxy) is 6. The summed E-state index contributed by atoms with van der Waals surface area (Å²) >= 11 is 0. The van der Waals surface area contributed by atoms with Crippen LogP contribution in [0, 0.1) is 0 Å². The summed E-state index contributed by atoms with van der Waals surface area (Å²) in [6, 6.07) is 10.3. The molecule has 0 bridgehead atoms. The Morgan fingerprint density at radius 3 is 2.52 bits per heavy atom. The van der Waals surface area contributed by atoms with E-state index >= 15 is 0 Å². The van der Waals surface area contributed by atoms with Gasteiger partial charge in [-0.15, -0.1) is 0 Å². The van der Waals surface area contributed by atoms with Crippen LogP contribution >= 0.6 is 0 Å². The normalized spacial score (nSPS) is 25.9.